The van der Waals surface area contributed by atoms with Gasteiger partial charge in [-0.3, -0.25) is 0 Å². The van der Waals surface area contributed by atoms with Crippen LogP contribution in [0, 0.1) is 5.92 Å². The zero-order chi connectivity index (χ0) is 13.0. The predicted octanol–water partition coefficient (Wildman–Crippen LogP) is 3.18. The van der Waals surface area contributed by atoms with Gasteiger partial charge in [-0.15, -0.1) is 0 Å². The lowest BCUT2D eigenvalue weighted by molar-refractivity contribution is 0.402. The minimum absolute atomic E-state index is 0.102. The second-order valence-electron chi connectivity index (χ2n) is 5.20. The van der Waals surface area contributed by atoms with Crippen molar-refractivity contribution in [1.29, 1.82) is 0 Å². The smallest absolute Gasteiger partial charge is 0.119 e. The topological polar surface area (TPSA) is 52.5 Å². The van der Waals surface area contributed by atoms with E-state index in [0.717, 1.165) is 12.0 Å². The fraction of sp³-hybridized carbons (Fsp3) is 0.571. The van der Waals surface area contributed by atoms with Crippen molar-refractivity contribution in [1.82, 2.24) is 5.32 Å². The van der Waals surface area contributed by atoms with Gasteiger partial charge < -0.3 is 15.5 Å². The number of hydrogen-bond acceptors (Lipinski definition) is 3. The summed E-state index contributed by atoms with van der Waals surface area (Å²) in [5.41, 5.74) is 0.901. The third kappa shape index (κ3) is 4.65. The average molecular weight is 237 g/mol. The second-order valence-corrected chi connectivity index (χ2v) is 5.20. The van der Waals surface area contributed by atoms with E-state index in [1.54, 1.807) is 12.1 Å². The van der Waals surface area contributed by atoms with E-state index in [9.17, 15) is 10.2 Å². The zero-order valence-corrected chi connectivity index (χ0v) is 11.1. The molecule has 0 aliphatic rings. The summed E-state index contributed by atoms with van der Waals surface area (Å²) in [6.07, 6.45) is 1.11. The third-order valence-electron chi connectivity index (χ3n) is 2.78. The van der Waals surface area contributed by atoms with Crippen LogP contribution in [-0.2, 0) is 0 Å². The van der Waals surface area contributed by atoms with Crippen LogP contribution in [0.2, 0.25) is 0 Å². The maximum absolute atomic E-state index is 9.43. The summed E-state index contributed by atoms with van der Waals surface area (Å²) < 4.78 is 0. The fourth-order valence-electron chi connectivity index (χ4n) is 2.17. The lowest BCUT2D eigenvalue weighted by Gasteiger charge is -2.22. The van der Waals surface area contributed by atoms with Crippen molar-refractivity contribution in [2.75, 3.05) is 0 Å². The van der Waals surface area contributed by atoms with Crippen molar-refractivity contribution in [2.24, 2.45) is 5.92 Å². The molecule has 3 nitrogen and oxygen atoms in total. The van der Waals surface area contributed by atoms with Crippen LogP contribution in [0.15, 0.2) is 18.2 Å². The summed E-state index contributed by atoms with van der Waals surface area (Å²) in [5.74, 6) is 0.859. The molecule has 2 atom stereocenters. The number of rotatable bonds is 5. The number of phenols is 2. The number of phenolic OH excluding ortho intramolecular Hbond substituents is 2. The van der Waals surface area contributed by atoms with Crippen molar-refractivity contribution >= 4 is 0 Å². The minimum atomic E-state index is 0.102. The molecule has 0 bridgehead atoms. The minimum Gasteiger partial charge on any atom is -0.508 e. The Morgan fingerprint density at radius 3 is 2.00 bits per heavy atom. The van der Waals surface area contributed by atoms with Crippen LogP contribution in [0.25, 0.3) is 0 Å². The molecular formula is C14H23NO2. The Bertz CT molecular complexity index is 343. The highest BCUT2D eigenvalue weighted by Crippen LogP contribution is 2.25. The van der Waals surface area contributed by atoms with E-state index in [0.29, 0.717) is 12.0 Å². The van der Waals surface area contributed by atoms with Gasteiger partial charge in [-0.1, -0.05) is 13.8 Å². The molecule has 0 aliphatic heterocycles. The number of nitrogens with one attached hydrogen (secondary N) is 1. The van der Waals surface area contributed by atoms with E-state index in [1.165, 1.54) is 6.07 Å². The van der Waals surface area contributed by atoms with Gasteiger partial charge >= 0.3 is 0 Å². The van der Waals surface area contributed by atoms with Gasteiger partial charge in [0.05, 0.1) is 0 Å². The Kier molecular flexibility index (Phi) is 4.82. The van der Waals surface area contributed by atoms with Gasteiger partial charge in [0.25, 0.3) is 0 Å². The highest BCUT2D eigenvalue weighted by Gasteiger charge is 2.12. The van der Waals surface area contributed by atoms with Gasteiger partial charge in [0.2, 0.25) is 0 Å². The van der Waals surface area contributed by atoms with Gasteiger partial charge in [0.15, 0.2) is 0 Å². The molecule has 3 heteroatoms. The molecule has 0 spiro atoms. The first-order valence-electron chi connectivity index (χ1n) is 6.17. The molecule has 17 heavy (non-hydrogen) atoms. The first kappa shape index (κ1) is 13.8. The van der Waals surface area contributed by atoms with Crippen LogP contribution >= 0.6 is 0 Å². The monoisotopic (exact) mass is 237 g/mol. The summed E-state index contributed by atoms with van der Waals surface area (Å²) in [4.78, 5) is 0. The molecule has 3 N–H and O–H groups in total. The lowest BCUT2D eigenvalue weighted by Crippen LogP contribution is -2.30. The SMILES string of the molecule is CC(C)CC(C)NC(C)c1cc(O)cc(O)c1. The molecule has 0 heterocycles. The summed E-state index contributed by atoms with van der Waals surface area (Å²) in [6.45, 7) is 8.58. The highest BCUT2D eigenvalue weighted by atomic mass is 16.3. The van der Waals surface area contributed by atoms with Crippen LogP contribution in [-0.4, -0.2) is 16.3 Å². The van der Waals surface area contributed by atoms with Crippen molar-refractivity contribution in [3.8, 4) is 11.5 Å². The largest absolute Gasteiger partial charge is 0.508 e. The quantitative estimate of drug-likeness (QED) is 0.737. The Balaban J connectivity index is 2.66. The van der Waals surface area contributed by atoms with Crippen molar-refractivity contribution in [3.63, 3.8) is 0 Å². The maximum atomic E-state index is 9.43. The van der Waals surface area contributed by atoms with E-state index in [1.807, 2.05) is 6.92 Å². The molecule has 1 rings (SSSR count). The van der Waals surface area contributed by atoms with Crippen molar-refractivity contribution < 1.29 is 10.2 Å². The molecule has 0 fully saturated rings. The highest BCUT2D eigenvalue weighted by molar-refractivity contribution is 5.37. The Morgan fingerprint density at radius 2 is 1.53 bits per heavy atom. The van der Waals surface area contributed by atoms with E-state index in [4.69, 9.17) is 0 Å². The van der Waals surface area contributed by atoms with Gasteiger partial charge in [-0.2, -0.15) is 0 Å². The summed E-state index contributed by atoms with van der Waals surface area (Å²) in [5, 5.41) is 22.3. The molecule has 0 aromatic heterocycles. The molecule has 0 radical (unpaired) electrons. The van der Waals surface area contributed by atoms with Crippen molar-refractivity contribution in [3.05, 3.63) is 23.8 Å². The molecule has 2 unspecified atom stereocenters. The number of benzene rings is 1. The summed E-state index contributed by atoms with van der Waals surface area (Å²) in [6, 6.07) is 5.23. The van der Waals surface area contributed by atoms with Gasteiger partial charge in [0, 0.05) is 18.2 Å². The molecule has 1 aromatic carbocycles. The Labute approximate surface area is 103 Å². The number of hydrogen-bond donors (Lipinski definition) is 3. The van der Waals surface area contributed by atoms with E-state index in [2.05, 4.69) is 26.1 Å². The van der Waals surface area contributed by atoms with Crippen LogP contribution in [0.1, 0.15) is 45.7 Å². The Hall–Kier alpha value is -1.22. The van der Waals surface area contributed by atoms with Gasteiger partial charge in [-0.05, 0) is 43.9 Å². The fourth-order valence-corrected chi connectivity index (χ4v) is 2.17. The lowest BCUT2D eigenvalue weighted by atomic mass is 10.0. The van der Waals surface area contributed by atoms with Crippen LogP contribution < -0.4 is 5.32 Å². The standard InChI is InChI=1S/C14H23NO2/c1-9(2)5-10(3)15-11(4)12-6-13(16)8-14(17)7-12/h6-11,15-17H,5H2,1-4H3. The summed E-state index contributed by atoms with van der Waals surface area (Å²) in [7, 11) is 0. The Morgan fingerprint density at radius 1 is 1.00 bits per heavy atom. The normalized spacial score (nSPS) is 14.9. The molecular weight excluding hydrogens is 214 g/mol. The number of aromatic hydroxyl groups is 2. The van der Waals surface area contributed by atoms with E-state index < -0.39 is 0 Å². The summed E-state index contributed by atoms with van der Waals surface area (Å²) >= 11 is 0. The molecule has 0 aliphatic carbocycles. The van der Waals surface area contributed by atoms with E-state index >= 15 is 0 Å². The molecule has 0 saturated carbocycles. The van der Waals surface area contributed by atoms with Gasteiger partial charge in [-0.25, -0.2) is 0 Å². The third-order valence-corrected chi connectivity index (χ3v) is 2.78. The van der Waals surface area contributed by atoms with Crippen LogP contribution in [0.3, 0.4) is 0 Å². The van der Waals surface area contributed by atoms with Gasteiger partial charge in [0.1, 0.15) is 11.5 Å². The first-order valence-corrected chi connectivity index (χ1v) is 6.17. The molecule has 0 amide bonds. The second kappa shape index (κ2) is 5.92. The predicted molar refractivity (Wildman–Crippen MR) is 70.2 cm³/mol. The molecule has 0 saturated heterocycles. The van der Waals surface area contributed by atoms with Crippen molar-refractivity contribution in [2.45, 2.75) is 46.2 Å². The first-order chi connectivity index (χ1) is 7.88. The molecule has 96 valence electrons. The van der Waals surface area contributed by atoms with E-state index in [-0.39, 0.29) is 17.5 Å². The average Bonchev–Trinajstić information content (AvgIpc) is 2.14. The maximum Gasteiger partial charge on any atom is 0.119 e. The van der Waals surface area contributed by atoms with Crippen LogP contribution in [0.4, 0.5) is 0 Å². The molecule has 1 aromatic rings. The zero-order valence-electron chi connectivity index (χ0n) is 11.1. The van der Waals surface area contributed by atoms with Crippen LogP contribution in [0.5, 0.6) is 11.5 Å².